The molecular formula is C14H23N3. The average molecular weight is 233 g/mol. The van der Waals surface area contributed by atoms with Crippen molar-refractivity contribution in [2.75, 3.05) is 0 Å². The molecule has 1 atom stereocenters. The molecule has 0 aliphatic rings. The van der Waals surface area contributed by atoms with Crippen LogP contribution in [0.4, 0.5) is 0 Å². The number of hydrogen-bond acceptors (Lipinski definition) is 2. The van der Waals surface area contributed by atoms with Gasteiger partial charge >= 0.3 is 0 Å². The number of nitrogens with one attached hydrogen (secondary N) is 1. The van der Waals surface area contributed by atoms with Gasteiger partial charge in [0.25, 0.3) is 0 Å². The Labute approximate surface area is 104 Å². The van der Waals surface area contributed by atoms with Gasteiger partial charge in [-0.2, -0.15) is 5.26 Å². The summed E-state index contributed by atoms with van der Waals surface area (Å²) in [6.07, 6.45) is 6.72. The highest BCUT2D eigenvalue weighted by atomic mass is 14.9. The predicted octanol–water partition coefficient (Wildman–Crippen LogP) is 3.72. The SMILES string of the molecule is CCCCCc1nc(C(C)C#N)c(CCC)[nH]1. The number of nitrogens with zero attached hydrogens (tertiary/aromatic N) is 2. The largest absolute Gasteiger partial charge is 0.346 e. The predicted molar refractivity (Wildman–Crippen MR) is 69.8 cm³/mol. The van der Waals surface area contributed by atoms with E-state index in [4.69, 9.17) is 5.26 Å². The molecule has 0 fully saturated rings. The Morgan fingerprint density at radius 2 is 2.00 bits per heavy atom. The highest BCUT2D eigenvalue weighted by Gasteiger charge is 2.15. The van der Waals surface area contributed by atoms with Gasteiger partial charge in [0.1, 0.15) is 5.82 Å². The average Bonchev–Trinajstić information content (AvgIpc) is 2.72. The van der Waals surface area contributed by atoms with Crippen molar-refractivity contribution in [2.45, 2.75) is 65.2 Å². The lowest BCUT2D eigenvalue weighted by molar-refractivity contribution is 0.696. The summed E-state index contributed by atoms with van der Waals surface area (Å²) in [6.45, 7) is 6.28. The maximum atomic E-state index is 9.00. The number of hydrogen-bond donors (Lipinski definition) is 1. The lowest BCUT2D eigenvalue weighted by atomic mass is 10.1. The summed E-state index contributed by atoms with van der Waals surface area (Å²) < 4.78 is 0. The number of nitriles is 1. The molecule has 0 saturated heterocycles. The van der Waals surface area contributed by atoms with Gasteiger partial charge in [0, 0.05) is 12.1 Å². The smallest absolute Gasteiger partial charge is 0.106 e. The molecule has 1 heterocycles. The first-order valence-electron chi connectivity index (χ1n) is 6.70. The first kappa shape index (κ1) is 13.8. The van der Waals surface area contributed by atoms with E-state index in [-0.39, 0.29) is 5.92 Å². The van der Waals surface area contributed by atoms with Crippen LogP contribution in [0.2, 0.25) is 0 Å². The number of H-pyrrole nitrogens is 1. The van der Waals surface area contributed by atoms with Crippen LogP contribution in [0, 0.1) is 11.3 Å². The van der Waals surface area contributed by atoms with E-state index in [1.807, 2.05) is 6.92 Å². The summed E-state index contributed by atoms with van der Waals surface area (Å²) in [6, 6.07) is 2.28. The molecule has 1 aromatic heterocycles. The van der Waals surface area contributed by atoms with E-state index in [1.54, 1.807) is 0 Å². The minimum Gasteiger partial charge on any atom is -0.346 e. The van der Waals surface area contributed by atoms with Gasteiger partial charge in [0.15, 0.2) is 0 Å². The first-order chi connectivity index (χ1) is 8.22. The van der Waals surface area contributed by atoms with Crippen molar-refractivity contribution in [3.05, 3.63) is 17.2 Å². The Bertz CT molecular complexity index is 373. The molecule has 0 aromatic carbocycles. The van der Waals surface area contributed by atoms with Crippen LogP contribution in [0.3, 0.4) is 0 Å². The summed E-state index contributed by atoms with van der Waals surface area (Å²) in [5.41, 5.74) is 2.12. The summed E-state index contributed by atoms with van der Waals surface area (Å²) in [7, 11) is 0. The number of aromatic nitrogens is 2. The van der Waals surface area contributed by atoms with Gasteiger partial charge < -0.3 is 4.98 Å². The van der Waals surface area contributed by atoms with Gasteiger partial charge in [-0.05, 0) is 19.8 Å². The van der Waals surface area contributed by atoms with Gasteiger partial charge in [0.05, 0.1) is 17.7 Å². The fourth-order valence-electron chi connectivity index (χ4n) is 2.00. The molecule has 1 N–H and O–H groups in total. The Kier molecular flexibility index (Phi) is 5.76. The number of rotatable bonds is 7. The second-order valence-electron chi connectivity index (χ2n) is 4.61. The number of aryl methyl sites for hydroxylation is 2. The fraction of sp³-hybridized carbons (Fsp3) is 0.714. The van der Waals surface area contributed by atoms with Crippen LogP contribution in [0.15, 0.2) is 0 Å². The molecule has 1 rings (SSSR count). The van der Waals surface area contributed by atoms with E-state index in [2.05, 4.69) is 29.9 Å². The molecule has 1 aromatic rings. The van der Waals surface area contributed by atoms with E-state index < -0.39 is 0 Å². The van der Waals surface area contributed by atoms with Gasteiger partial charge in [-0.3, -0.25) is 0 Å². The monoisotopic (exact) mass is 233 g/mol. The number of aromatic amines is 1. The van der Waals surface area contributed by atoms with Crippen molar-refractivity contribution < 1.29 is 0 Å². The highest BCUT2D eigenvalue weighted by Crippen LogP contribution is 2.19. The van der Waals surface area contributed by atoms with Crippen LogP contribution in [-0.2, 0) is 12.8 Å². The van der Waals surface area contributed by atoms with Crippen LogP contribution in [0.25, 0.3) is 0 Å². The molecule has 0 radical (unpaired) electrons. The van der Waals surface area contributed by atoms with Crippen molar-refractivity contribution in [3.8, 4) is 6.07 Å². The lowest BCUT2D eigenvalue weighted by Gasteiger charge is -2.01. The molecule has 17 heavy (non-hydrogen) atoms. The maximum Gasteiger partial charge on any atom is 0.106 e. The van der Waals surface area contributed by atoms with Crippen LogP contribution in [-0.4, -0.2) is 9.97 Å². The molecule has 3 nitrogen and oxygen atoms in total. The molecule has 0 amide bonds. The number of unbranched alkanes of at least 4 members (excludes halogenated alkanes) is 2. The molecule has 1 unspecified atom stereocenters. The Morgan fingerprint density at radius 3 is 2.59 bits per heavy atom. The molecule has 94 valence electrons. The van der Waals surface area contributed by atoms with E-state index in [0.29, 0.717) is 0 Å². The van der Waals surface area contributed by atoms with Crippen LogP contribution in [0.5, 0.6) is 0 Å². The standard InChI is InChI=1S/C14H23N3/c1-4-6-7-9-13-16-12(8-5-2)14(17-13)11(3)10-15/h11H,4-9H2,1-3H3,(H,16,17). The summed E-state index contributed by atoms with van der Waals surface area (Å²) in [4.78, 5) is 7.99. The zero-order valence-corrected chi connectivity index (χ0v) is 11.2. The quantitative estimate of drug-likeness (QED) is 0.730. The van der Waals surface area contributed by atoms with Gasteiger partial charge in [-0.1, -0.05) is 33.1 Å². The van der Waals surface area contributed by atoms with Crippen molar-refractivity contribution in [1.29, 1.82) is 5.26 Å². The molecule has 0 saturated carbocycles. The van der Waals surface area contributed by atoms with Crippen molar-refractivity contribution >= 4 is 0 Å². The second-order valence-corrected chi connectivity index (χ2v) is 4.61. The summed E-state index contributed by atoms with van der Waals surface area (Å²) in [5, 5.41) is 9.00. The minimum atomic E-state index is -0.104. The van der Waals surface area contributed by atoms with Gasteiger partial charge in [0.2, 0.25) is 0 Å². The summed E-state index contributed by atoms with van der Waals surface area (Å²) in [5.74, 6) is 0.951. The van der Waals surface area contributed by atoms with E-state index >= 15 is 0 Å². The number of imidazole rings is 1. The maximum absolute atomic E-state index is 9.00. The normalized spacial score (nSPS) is 12.4. The van der Waals surface area contributed by atoms with Gasteiger partial charge in [-0.25, -0.2) is 4.98 Å². The van der Waals surface area contributed by atoms with E-state index in [1.165, 1.54) is 19.3 Å². The van der Waals surface area contributed by atoms with Crippen LogP contribution >= 0.6 is 0 Å². The minimum absolute atomic E-state index is 0.104. The Morgan fingerprint density at radius 1 is 1.24 bits per heavy atom. The third-order valence-electron chi connectivity index (χ3n) is 2.98. The molecule has 0 spiro atoms. The first-order valence-corrected chi connectivity index (χ1v) is 6.70. The molecule has 0 bridgehead atoms. The fourth-order valence-corrected chi connectivity index (χ4v) is 2.00. The molecule has 0 aliphatic carbocycles. The highest BCUT2D eigenvalue weighted by molar-refractivity contribution is 5.23. The topological polar surface area (TPSA) is 52.5 Å². The van der Waals surface area contributed by atoms with Gasteiger partial charge in [-0.15, -0.1) is 0 Å². The van der Waals surface area contributed by atoms with Crippen molar-refractivity contribution in [2.24, 2.45) is 0 Å². The Balaban J connectivity index is 2.77. The van der Waals surface area contributed by atoms with Crippen LogP contribution < -0.4 is 0 Å². The van der Waals surface area contributed by atoms with Crippen molar-refractivity contribution in [1.82, 2.24) is 9.97 Å². The van der Waals surface area contributed by atoms with E-state index in [0.717, 1.165) is 36.5 Å². The third-order valence-corrected chi connectivity index (χ3v) is 2.98. The lowest BCUT2D eigenvalue weighted by Crippen LogP contribution is -1.96. The molecule has 3 heteroatoms. The van der Waals surface area contributed by atoms with Crippen LogP contribution in [0.1, 0.15) is 69.6 Å². The molecular weight excluding hydrogens is 210 g/mol. The Hall–Kier alpha value is -1.30. The summed E-state index contributed by atoms with van der Waals surface area (Å²) >= 11 is 0. The second kappa shape index (κ2) is 7.11. The third kappa shape index (κ3) is 3.89. The zero-order chi connectivity index (χ0) is 12.7. The molecule has 0 aliphatic heterocycles. The zero-order valence-electron chi connectivity index (χ0n) is 11.2. The van der Waals surface area contributed by atoms with Crippen molar-refractivity contribution in [3.63, 3.8) is 0 Å². The van der Waals surface area contributed by atoms with E-state index in [9.17, 15) is 0 Å².